The third-order valence-corrected chi connectivity index (χ3v) is 3.45. The van der Waals surface area contributed by atoms with Gasteiger partial charge < -0.3 is 15.7 Å². The second-order valence-corrected chi connectivity index (χ2v) is 5.56. The summed E-state index contributed by atoms with van der Waals surface area (Å²) in [7, 11) is 0. The lowest BCUT2D eigenvalue weighted by atomic mass is 9.98. The maximum atomic E-state index is 11.7. The molecule has 0 saturated heterocycles. The summed E-state index contributed by atoms with van der Waals surface area (Å²) < 4.78 is 0. The van der Waals surface area contributed by atoms with Crippen molar-refractivity contribution in [2.75, 3.05) is 6.54 Å². The number of carbonyl (C=O) groups is 2. The van der Waals surface area contributed by atoms with E-state index in [2.05, 4.69) is 29.7 Å². The Hall–Kier alpha value is -2.04. The van der Waals surface area contributed by atoms with Crippen molar-refractivity contribution in [1.29, 1.82) is 0 Å². The van der Waals surface area contributed by atoms with Gasteiger partial charge >= 0.3 is 12.0 Å². The molecule has 0 bridgehead atoms. The van der Waals surface area contributed by atoms with E-state index < -0.39 is 18.0 Å². The van der Waals surface area contributed by atoms with Crippen molar-refractivity contribution in [3.63, 3.8) is 0 Å². The van der Waals surface area contributed by atoms with Crippen LogP contribution < -0.4 is 10.6 Å². The second kappa shape index (κ2) is 8.29. The van der Waals surface area contributed by atoms with Crippen LogP contribution in [0, 0.1) is 5.92 Å². The Morgan fingerprint density at radius 2 is 1.76 bits per heavy atom. The molecular weight excluding hydrogens is 268 g/mol. The van der Waals surface area contributed by atoms with E-state index in [1.807, 2.05) is 18.2 Å². The number of nitrogens with one attached hydrogen (secondary N) is 2. The second-order valence-electron chi connectivity index (χ2n) is 5.56. The van der Waals surface area contributed by atoms with E-state index in [0.717, 1.165) is 6.42 Å². The van der Waals surface area contributed by atoms with E-state index in [1.54, 1.807) is 13.8 Å². The Kier molecular flexibility index (Phi) is 6.72. The molecular formula is C16H24N2O3. The average Bonchev–Trinajstić information content (AvgIpc) is 2.45. The molecule has 1 unspecified atom stereocenters. The molecule has 3 N–H and O–H groups in total. The predicted molar refractivity (Wildman–Crippen MR) is 82.3 cm³/mol. The molecule has 0 spiro atoms. The SMILES string of the molecule is CC(CCNC(=O)N[C@@H](C(=O)O)C(C)C)c1ccccc1. The van der Waals surface area contributed by atoms with Crippen LogP contribution in [0.4, 0.5) is 4.79 Å². The third kappa shape index (κ3) is 5.85. The molecule has 2 amide bonds. The fourth-order valence-electron chi connectivity index (χ4n) is 2.06. The van der Waals surface area contributed by atoms with Gasteiger partial charge in [-0.25, -0.2) is 9.59 Å². The van der Waals surface area contributed by atoms with Gasteiger partial charge in [-0.3, -0.25) is 0 Å². The van der Waals surface area contributed by atoms with Crippen LogP contribution in [-0.2, 0) is 4.79 Å². The minimum absolute atomic E-state index is 0.156. The average molecular weight is 292 g/mol. The summed E-state index contributed by atoms with van der Waals surface area (Å²) in [5.41, 5.74) is 1.23. The van der Waals surface area contributed by atoms with Gasteiger partial charge in [-0.05, 0) is 23.8 Å². The largest absolute Gasteiger partial charge is 0.480 e. The fraction of sp³-hybridized carbons (Fsp3) is 0.500. The number of urea groups is 1. The van der Waals surface area contributed by atoms with Gasteiger partial charge in [0.15, 0.2) is 0 Å². The topological polar surface area (TPSA) is 78.4 Å². The molecule has 2 atom stereocenters. The van der Waals surface area contributed by atoms with Crippen LogP contribution >= 0.6 is 0 Å². The highest BCUT2D eigenvalue weighted by Gasteiger charge is 2.23. The third-order valence-electron chi connectivity index (χ3n) is 3.45. The zero-order valence-electron chi connectivity index (χ0n) is 12.8. The lowest BCUT2D eigenvalue weighted by Crippen LogP contribution is -2.48. The van der Waals surface area contributed by atoms with E-state index in [0.29, 0.717) is 12.5 Å². The number of hydrogen-bond donors (Lipinski definition) is 3. The van der Waals surface area contributed by atoms with E-state index >= 15 is 0 Å². The molecule has 1 aromatic carbocycles. The molecule has 1 aromatic rings. The lowest BCUT2D eigenvalue weighted by molar-refractivity contribution is -0.140. The Bertz CT molecular complexity index is 460. The number of amides is 2. The Morgan fingerprint density at radius 3 is 2.29 bits per heavy atom. The van der Waals surface area contributed by atoms with Gasteiger partial charge in [-0.15, -0.1) is 0 Å². The summed E-state index contributed by atoms with van der Waals surface area (Å²) >= 11 is 0. The summed E-state index contributed by atoms with van der Waals surface area (Å²) in [5, 5.41) is 14.2. The molecule has 5 nitrogen and oxygen atoms in total. The summed E-state index contributed by atoms with van der Waals surface area (Å²) in [6, 6.07) is 8.78. The van der Waals surface area contributed by atoms with E-state index in [9.17, 15) is 9.59 Å². The van der Waals surface area contributed by atoms with Gasteiger partial charge in [0.2, 0.25) is 0 Å². The van der Waals surface area contributed by atoms with Crippen molar-refractivity contribution in [3.8, 4) is 0 Å². The summed E-state index contributed by atoms with van der Waals surface area (Å²) in [5.74, 6) is -0.832. The van der Waals surface area contributed by atoms with Crippen LogP contribution in [0.3, 0.4) is 0 Å². The molecule has 0 aliphatic rings. The van der Waals surface area contributed by atoms with E-state index in [4.69, 9.17) is 5.11 Å². The number of carbonyl (C=O) groups excluding carboxylic acids is 1. The van der Waals surface area contributed by atoms with E-state index in [1.165, 1.54) is 5.56 Å². The van der Waals surface area contributed by atoms with Gasteiger partial charge in [0.1, 0.15) is 6.04 Å². The van der Waals surface area contributed by atoms with Crippen LogP contribution in [-0.4, -0.2) is 29.7 Å². The lowest BCUT2D eigenvalue weighted by Gasteiger charge is -2.19. The van der Waals surface area contributed by atoms with Gasteiger partial charge in [0.05, 0.1) is 0 Å². The first-order chi connectivity index (χ1) is 9.91. The number of hydrogen-bond acceptors (Lipinski definition) is 2. The van der Waals surface area contributed by atoms with Crippen molar-refractivity contribution < 1.29 is 14.7 Å². The summed E-state index contributed by atoms with van der Waals surface area (Å²) in [6.45, 7) is 6.13. The quantitative estimate of drug-likeness (QED) is 0.722. The van der Waals surface area contributed by atoms with Crippen molar-refractivity contribution >= 4 is 12.0 Å². The smallest absolute Gasteiger partial charge is 0.326 e. The minimum Gasteiger partial charge on any atom is -0.480 e. The summed E-state index contributed by atoms with van der Waals surface area (Å²) in [4.78, 5) is 22.7. The zero-order valence-corrected chi connectivity index (χ0v) is 12.8. The molecule has 0 fully saturated rings. The number of aliphatic carboxylic acids is 1. The molecule has 0 saturated carbocycles. The van der Waals surface area contributed by atoms with Gasteiger partial charge in [0.25, 0.3) is 0 Å². The monoisotopic (exact) mass is 292 g/mol. The molecule has 5 heteroatoms. The highest BCUT2D eigenvalue weighted by Crippen LogP contribution is 2.17. The molecule has 116 valence electrons. The molecule has 1 rings (SSSR count). The van der Waals surface area contributed by atoms with Gasteiger partial charge in [-0.1, -0.05) is 51.1 Å². The molecule has 0 radical (unpaired) electrons. The van der Waals surface area contributed by atoms with Crippen LogP contribution in [0.2, 0.25) is 0 Å². The highest BCUT2D eigenvalue weighted by atomic mass is 16.4. The van der Waals surface area contributed by atoms with Gasteiger partial charge in [-0.2, -0.15) is 0 Å². The van der Waals surface area contributed by atoms with Gasteiger partial charge in [0, 0.05) is 6.54 Å². The Balaban J connectivity index is 2.35. The first kappa shape index (κ1) is 17.0. The zero-order chi connectivity index (χ0) is 15.8. The molecule has 0 heterocycles. The molecule has 0 aliphatic carbocycles. The van der Waals surface area contributed by atoms with Crippen molar-refractivity contribution in [2.45, 2.75) is 39.2 Å². The molecule has 0 aromatic heterocycles. The fourth-order valence-corrected chi connectivity index (χ4v) is 2.06. The summed E-state index contributed by atoms with van der Waals surface area (Å²) in [6.07, 6.45) is 0.802. The van der Waals surface area contributed by atoms with Crippen molar-refractivity contribution in [3.05, 3.63) is 35.9 Å². The van der Waals surface area contributed by atoms with Crippen molar-refractivity contribution in [2.24, 2.45) is 5.92 Å². The highest BCUT2D eigenvalue weighted by molar-refractivity contribution is 5.82. The van der Waals surface area contributed by atoms with E-state index in [-0.39, 0.29) is 5.92 Å². The number of benzene rings is 1. The first-order valence-electron chi connectivity index (χ1n) is 7.24. The maximum Gasteiger partial charge on any atom is 0.326 e. The first-order valence-corrected chi connectivity index (χ1v) is 7.24. The maximum absolute atomic E-state index is 11.7. The predicted octanol–water partition coefficient (Wildman–Crippen LogP) is 2.59. The number of carboxylic acid groups (broad SMARTS) is 1. The van der Waals surface area contributed by atoms with Crippen LogP contribution in [0.25, 0.3) is 0 Å². The molecule has 0 aliphatic heterocycles. The Morgan fingerprint density at radius 1 is 1.14 bits per heavy atom. The van der Waals surface area contributed by atoms with Crippen LogP contribution in [0.1, 0.15) is 38.7 Å². The van der Waals surface area contributed by atoms with Crippen molar-refractivity contribution in [1.82, 2.24) is 10.6 Å². The number of carboxylic acids is 1. The number of rotatable bonds is 7. The standard InChI is InChI=1S/C16H24N2O3/c1-11(2)14(15(19)20)18-16(21)17-10-9-12(3)13-7-5-4-6-8-13/h4-8,11-12,14H,9-10H2,1-3H3,(H,19,20)(H2,17,18,21)/t12?,14-/m1/s1. The van der Waals surface area contributed by atoms with Crippen LogP contribution in [0.5, 0.6) is 0 Å². The Labute approximate surface area is 125 Å². The molecule has 21 heavy (non-hydrogen) atoms. The normalized spacial score (nSPS) is 13.5. The minimum atomic E-state index is -1.02. The van der Waals surface area contributed by atoms with Crippen LogP contribution in [0.15, 0.2) is 30.3 Å².